The van der Waals surface area contributed by atoms with Crippen molar-refractivity contribution in [1.29, 1.82) is 0 Å². The highest BCUT2D eigenvalue weighted by Gasteiger charge is 2.44. The second kappa shape index (κ2) is 12.4. The van der Waals surface area contributed by atoms with Crippen molar-refractivity contribution in [3.8, 4) is 17.2 Å². The van der Waals surface area contributed by atoms with Gasteiger partial charge in [0.05, 0.1) is 0 Å². The Morgan fingerprint density at radius 2 is 1.55 bits per heavy atom. The van der Waals surface area contributed by atoms with E-state index in [4.69, 9.17) is 16.3 Å². The maximum Gasteiger partial charge on any atom is 0.461 e. The van der Waals surface area contributed by atoms with Crippen molar-refractivity contribution < 1.29 is 40.2 Å². The average Bonchev–Trinajstić information content (AvgIpc) is 2.84. The SMILES string of the molecule is CCc1cc(Oc2cccc(N(Cc3cccc(OC(F)(F)C(F)F)c3)CC(S)C(F)(F)F)c2)ccc1Cl. The first-order valence-electron chi connectivity index (χ1n) is 11.3. The summed E-state index contributed by atoms with van der Waals surface area (Å²) >= 11 is 9.83. The van der Waals surface area contributed by atoms with Crippen LogP contribution in [0.3, 0.4) is 0 Å². The molecule has 206 valence electrons. The first kappa shape index (κ1) is 29.8. The van der Waals surface area contributed by atoms with Crippen molar-refractivity contribution in [1.82, 2.24) is 0 Å². The summed E-state index contributed by atoms with van der Waals surface area (Å²) in [5.74, 6) is 0.243. The summed E-state index contributed by atoms with van der Waals surface area (Å²) in [6.07, 6.45) is -12.7. The minimum atomic E-state index is -4.73. The molecule has 0 N–H and O–H groups in total. The molecule has 12 heteroatoms. The lowest BCUT2D eigenvalue weighted by atomic mass is 10.1. The number of hydrogen-bond acceptors (Lipinski definition) is 4. The predicted octanol–water partition coefficient (Wildman–Crippen LogP) is 8.80. The molecule has 3 rings (SSSR count). The van der Waals surface area contributed by atoms with Crippen LogP contribution >= 0.6 is 24.2 Å². The zero-order valence-corrected chi connectivity index (χ0v) is 21.5. The van der Waals surface area contributed by atoms with E-state index < -0.39 is 36.3 Å². The largest absolute Gasteiger partial charge is 0.461 e. The summed E-state index contributed by atoms with van der Waals surface area (Å²) in [7, 11) is 0. The summed E-state index contributed by atoms with van der Waals surface area (Å²) in [5.41, 5.74) is 1.41. The Balaban J connectivity index is 1.89. The summed E-state index contributed by atoms with van der Waals surface area (Å²) in [6, 6.07) is 16.2. The maximum atomic E-state index is 13.3. The van der Waals surface area contributed by atoms with Crippen LogP contribution in [0.4, 0.5) is 36.4 Å². The van der Waals surface area contributed by atoms with Gasteiger partial charge in [0.15, 0.2) is 0 Å². The molecule has 0 saturated carbocycles. The first-order chi connectivity index (χ1) is 17.8. The Kier molecular flexibility index (Phi) is 9.69. The van der Waals surface area contributed by atoms with Gasteiger partial charge in [-0.15, -0.1) is 0 Å². The Morgan fingerprint density at radius 3 is 2.21 bits per heavy atom. The molecule has 0 fully saturated rings. The molecular formula is C26H23ClF7NO2S. The summed E-state index contributed by atoms with van der Waals surface area (Å²) in [5, 5.41) is -1.47. The van der Waals surface area contributed by atoms with Crippen LogP contribution < -0.4 is 14.4 Å². The van der Waals surface area contributed by atoms with E-state index in [0.717, 1.165) is 17.7 Å². The Labute approximate surface area is 225 Å². The molecular weight excluding hydrogens is 559 g/mol. The second-order valence-corrected chi connectivity index (χ2v) is 9.29. The lowest BCUT2D eigenvalue weighted by molar-refractivity contribution is -0.253. The van der Waals surface area contributed by atoms with Crippen molar-refractivity contribution in [2.45, 2.75) is 43.8 Å². The van der Waals surface area contributed by atoms with E-state index in [1.54, 1.807) is 36.4 Å². The minimum Gasteiger partial charge on any atom is -0.457 e. The number of hydrogen-bond donors (Lipinski definition) is 1. The Hall–Kier alpha value is -2.79. The van der Waals surface area contributed by atoms with Gasteiger partial charge in [0.25, 0.3) is 0 Å². The number of halogens is 8. The summed E-state index contributed by atoms with van der Waals surface area (Å²) in [4.78, 5) is 1.32. The van der Waals surface area contributed by atoms with Crippen LogP contribution in [0.25, 0.3) is 0 Å². The highest BCUT2D eigenvalue weighted by Crippen LogP contribution is 2.33. The van der Waals surface area contributed by atoms with E-state index in [1.165, 1.54) is 23.1 Å². The molecule has 0 aliphatic heterocycles. The fraction of sp³-hybridized carbons (Fsp3) is 0.308. The standard InChI is InChI=1S/C26H23ClF7NO2S/c1-2-17-12-20(9-10-22(17)27)36-19-7-4-6-18(13-19)35(15-23(38)25(30,31)32)14-16-5-3-8-21(11-16)37-26(33,34)24(28)29/h3-13,23-24,38H,2,14-15H2,1H3. The van der Waals surface area contributed by atoms with Gasteiger partial charge in [-0.3, -0.25) is 0 Å². The van der Waals surface area contributed by atoms with Crippen molar-refractivity contribution in [2.75, 3.05) is 11.4 Å². The second-order valence-electron chi connectivity index (χ2n) is 8.26. The van der Waals surface area contributed by atoms with Gasteiger partial charge in [-0.05, 0) is 60.0 Å². The van der Waals surface area contributed by atoms with Gasteiger partial charge in [0.2, 0.25) is 0 Å². The van der Waals surface area contributed by atoms with Crippen LogP contribution in [-0.2, 0) is 13.0 Å². The number of rotatable bonds is 11. The molecule has 3 aromatic rings. The third kappa shape index (κ3) is 8.10. The van der Waals surface area contributed by atoms with Gasteiger partial charge in [-0.25, -0.2) is 0 Å². The molecule has 3 aromatic carbocycles. The van der Waals surface area contributed by atoms with Crippen LogP contribution in [0, 0.1) is 0 Å². The number of anilines is 1. The van der Waals surface area contributed by atoms with Crippen LogP contribution in [-0.4, -0.2) is 30.5 Å². The molecule has 0 amide bonds. The fourth-order valence-electron chi connectivity index (χ4n) is 3.47. The summed E-state index contributed by atoms with van der Waals surface area (Å²) in [6.45, 7) is 1.12. The molecule has 1 atom stereocenters. The van der Waals surface area contributed by atoms with Crippen LogP contribution in [0.15, 0.2) is 66.7 Å². The smallest absolute Gasteiger partial charge is 0.457 e. The monoisotopic (exact) mass is 581 g/mol. The highest BCUT2D eigenvalue weighted by atomic mass is 35.5. The third-order valence-corrected chi connectivity index (χ3v) is 6.19. The molecule has 0 aliphatic carbocycles. The molecule has 3 nitrogen and oxygen atoms in total. The average molecular weight is 582 g/mol. The highest BCUT2D eigenvalue weighted by molar-refractivity contribution is 7.81. The molecule has 0 saturated heterocycles. The summed E-state index contributed by atoms with van der Waals surface area (Å²) < 4.78 is 102. The number of aryl methyl sites for hydroxylation is 1. The van der Waals surface area contributed by atoms with E-state index >= 15 is 0 Å². The van der Waals surface area contributed by atoms with Crippen molar-refractivity contribution in [3.05, 3.63) is 82.9 Å². The Bertz CT molecular complexity index is 1230. The van der Waals surface area contributed by atoms with Gasteiger partial charge < -0.3 is 14.4 Å². The van der Waals surface area contributed by atoms with Crippen LogP contribution in [0.2, 0.25) is 5.02 Å². The molecule has 0 aliphatic rings. The lowest BCUT2D eigenvalue weighted by Crippen LogP contribution is -2.37. The molecule has 1 unspecified atom stereocenters. The van der Waals surface area contributed by atoms with Gasteiger partial charge in [-0.2, -0.15) is 43.4 Å². The van der Waals surface area contributed by atoms with Gasteiger partial charge in [0.1, 0.15) is 22.5 Å². The van der Waals surface area contributed by atoms with Crippen LogP contribution in [0.5, 0.6) is 17.2 Å². The van der Waals surface area contributed by atoms with E-state index in [2.05, 4.69) is 17.4 Å². The number of ether oxygens (including phenoxy) is 2. The number of benzene rings is 3. The van der Waals surface area contributed by atoms with E-state index in [9.17, 15) is 30.7 Å². The fourth-order valence-corrected chi connectivity index (χ4v) is 3.92. The van der Waals surface area contributed by atoms with Gasteiger partial charge in [0, 0.05) is 29.9 Å². The zero-order valence-electron chi connectivity index (χ0n) is 19.9. The molecule has 0 radical (unpaired) electrons. The maximum absolute atomic E-state index is 13.3. The molecule has 0 bridgehead atoms. The van der Waals surface area contributed by atoms with Crippen molar-refractivity contribution in [2.24, 2.45) is 0 Å². The normalized spacial score (nSPS) is 12.9. The molecule has 38 heavy (non-hydrogen) atoms. The van der Waals surface area contributed by atoms with Gasteiger partial charge in [-0.1, -0.05) is 36.7 Å². The van der Waals surface area contributed by atoms with Gasteiger partial charge >= 0.3 is 18.7 Å². The number of thiol groups is 1. The van der Waals surface area contributed by atoms with Crippen molar-refractivity contribution in [3.63, 3.8) is 0 Å². The third-order valence-electron chi connectivity index (χ3n) is 5.37. The topological polar surface area (TPSA) is 21.7 Å². The minimum absolute atomic E-state index is 0.199. The zero-order chi connectivity index (χ0) is 28.1. The van der Waals surface area contributed by atoms with Crippen LogP contribution in [0.1, 0.15) is 18.1 Å². The predicted molar refractivity (Wildman–Crippen MR) is 135 cm³/mol. The number of nitrogens with zero attached hydrogens (tertiary/aromatic N) is 1. The van der Waals surface area contributed by atoms with E-state index in [0.29, 0.717) is 28.6 Å². The van der Waals surface area contributed by atoms with Crippen molar-refractivity contribution >= 4 is 29.9 Å². The molecule has 0 heterocycles. The Morgan fingerprint density at radius 1 is 0.895 bits per heavy atom. The molecule has 0 aromatic heterocycles. The quantitative estimate of drug-likeness (QED) is 0.181. The van der Waals surface area contributed by atoms with E-state index in [-0.39, 0.29) is 12.1 Å². The number of alkyl halides is 7. The van der Waals surface area contributed by atoms with E-state index in [1.807, 2.05) is 6.92 Å². The lowest BCUT2D eigenvalue weighted by Gasteiger charge is -2.29. The molecule has 0 spiro atoms. The first-order valence-corrected chi connectivity index (χ1v) is 12.2.